The molecule has 0 bridgehead atoms. The van der Waals surface area contributed by atoms with Crippen molar-refractivity contribution in [1.29, 1.82) is 0 Å². The number of rotatable bonds is 15. The van der Waals surface area contributed by atoms with Gasteiger partial charge in [-0.2, -0.15) is 0 Å². The van der Waals surface area contributed by atoms with Crippen molar-refractivity contribution in [3.8, 4) is 9.75 Å². The van der Waals surface area contributed by atoms with Crippen LogP contribution in [0.2, 0.25) is 11.6 Å². The van der Waals surface area contributed by atoms with E-state index in [1.165, 1.54) is 103 Å². The lowest BCUT2D eigenvalue weighted by Crippen LogP contribution is -2.59. The molecule has 1 saturated carbocycles. The highest BCUT2D eigenvalue weighted by molar-refractivity contribution is 7.91. The van der Waals surface area contributed by atoms with E-state index in [4.69, 9.17) is 12.6 Å². The van der Waals surface area contributed by atoms with Crippen LogP contribution in [0.25, 0.3) is 14.7 Å². The third-order valence-electron chi connectivity index (χ3n) is 10.9. The Labute approximate surface area is 287 Å². The lowest BCUT2D eigenvalue weighted by atomic mass is 10.00. The van der Waals surface area contributed by atoms with Crippen LogP contribution in [-0.4, -0.2) is 31.3 Å². The number of carbonyl (C=O) groups is 2. The van der Waals surface area contributed by atoms with Crippen LogP contribution in [0.15, 0.2) is 29.4 Å². The number of likely N-dealkylation sites (tertiary alicyclic amines) is 1. The van der Waals surface area contributed by atoms with Crippen molar-refractivity contribution in [1.82, 2.24) is 4.90 Å². The number of hydrogen-bond acceptors (Lipinski definition) is 5. The van der Waals surface area contributed by atoms with E-state index in [-0.39, 0.29) is 11.8 Å². The van der Waals surface area contributed by atoms with Crippen LogP contribution in [-0.2, 0) is 9.59 Å². The molecule has 2 aliphatic heterocycles. The summed E-state index contributed by atoms with van der Waals surface area (Å²) >= 11 is 8.92. The summed E-state index contributed by atoms with van der Waals surface area (Å²) in [5.41, 5.74) is 1.82. The molecular formula is C38H55NO2S3Si. The summed E-state index contributed by atoms with van der Waals surface area (Å²) in [4.78, 5) is 35.0. The number of nitrogens with zero attached hydrogens (tertiary/aromatic N) is 1. The Hall–Kier alpha value is -1.41. The van der Waals surface area contributed by atoms with Gasteiger partial charge in [0.15, 0.2) is 0 Å². The Balaban J connectivity index is 1.54. The monoisotopic (exact) mass is 681 g/mol. The van der Waals surface area contributed by atoms with Gasteiger partial charge >= 0.3 is 0 Å². The van der Waals surface area contributed by atoms with Crippen LogP contribution in [0.1, 0.15) is 134 Å². The molecule has 0 radical (unpaired) electrons. The van der Waals surface area contributed by atoms with Crippen molar-refractivity contribution < 1.29 is 9.59 Å². The number of aryl methyl sites for hydroxylation is 1. The Morgan fingerprint density at radius 1 is 0.933 bits per heavy atom. The molecule has 246 valence electrons. The lowest BCUT2D eigenvalue weighted by Gasteiger charge is -2.41. The van der Waals surface area contributed by atoms with E-state index in [2.05, 4.69) is 39.8 Å². The first kappa shape index (κ1) is 34.9. The number of amides is 2. The number of carbonyl (C=O) groups excluding carboxylic acids is 2. The lowest BCUT2D eigenvalue weighted by molar-refractivity contribution is -0.136. The molecule has 2 aromatic rings. The molecule has 2 amide bonds. The van der Waals surface area contributed by atoms with Crippen molar-refractivity contribution in [3.05, 3.63) is 39.1 Å². The van der Waals surface area contributed by atoms with Crippen molar-refractivity contribution in [2.24, 2.45) is 5.92 Å². The SMILES string of the molecule is CC=C1C(=O)N(CCCCCCCC)C(=O)/C1=C(/S)c1cc2c(s1)-c1sc(C)cc1[Si]2(CC(CC)CCCC)C1CCCCC1. The second-order valence-electron chi connectivity index (χ2n) is 13.8. The van der Waals surface area contributed by atoms with Gasteiger partial charge < -0.3 is 0 Å². The Morgan fingerprint density at radius 2 is 1.60 bits per heavy atom. The van der Waals surface area contributed by atoms with Gasteiger partial charge in [0.1, 0.15) is 8.07 Å². The van der Waals surface area contributed by atoms with E-state index in [0.717, 1.165) is 35.6 Å². The minimum Gasteiger partial charge on any atom is -0.274 e. The van der Waals surface area contributed by atoms with E-state index in [1.807, 2.05) is 35.7 Å². The third kappa shape index (κ3) is 6.80. The summed E-state index contributed by atoms with van der Waals surface area (Å²) in [5, 5.41) is 3.35. The molecule has 7 heteroatoms. The summed E-state index contributed by atoms with van der Waals surface area (Å²) in [6, 6.07) is 6.39. The Kier molecular flexibility index (Phi) is 12.1. The first-order valence-electron chi connectivity index (χ1n) is 18.0. The number of unbranched alkanes of at least 4 members (excludes halogenated alkanes) is 6. The topological polar surface area (TPSA) is 37.4 Å². The van der Waals surface area contributed by atoms with Crippen LogP contribution in [0.3, 0.4) is 0 Å². The van der Waals surface area contributed by atoms with E-state index in [1.54, 1.807) is 10.4 Å². The number of hydrogen-bond donors (Lipinski definition) is 1. The predicted molar refractivity (Wildman–Crippen MR) is 202 cm³/mol. The molecule has 2 fully saturated rings. The van der Waals surface area contributed by atoms with Gasteiger partial charge in [0.25, 0.3) is 11.8 Å². The maximum Gasteiger partial charge on any atom is 0.262 e. The number of thiol groups is 1. The smallest absolute Gasteiger partial charge is 0.262 e. The fraction of sp³-hybridized carbons (Fsp3) is 0.632. The second kappa shape index (κ2) is 15.7. The zero-order valence-corrected chi connectivity index (χ0v) is 32.0. The van der Waals surface area contributed by atoms with Gasteiger partial charge in [-0.15, -0.1) is 35.3 Å². The largest absolute Gasteiger partial charge is 0.274 e. The average molecular weight is 682 g/mol. The predicted octanol–water partition coefficient (Wildman–Crippen LogP) is 10.5. The summed E-state index contributed by atoms with van der Waals surface area (Å²) in [6.45, 7) is 11.6. The molecule has 3 aliphatic rings. The standard InChI is InChI=1S/C38H55NO2S3Si/c1-6-10-12-13-14-18-22-39-37(40)29(9-4)33(38(39)41)34(42)30-24-32-36(44-30)35-31(23-26(5)43-35)45(32,28-20-16-15-17-21-28)25-27(8-3)19-11-7-2/h9,23-24,27-28,42H,6-8,10-22,25H2,1-5H3/b29-9?,34-33+. The van der Waals surface area contributed by atoms with Gasteiger partial charge in [0.2, 0.25) is 0 Å². The minimum absolute atomic E-state index is 0.148. The molecule has 2 unspecified atom stereocenters. The van der Waals surface area contributed by atoms with Crippen molar-refractivity contribution >= 4 is 70.5 Å². The number of fused-ring (bicyclic) bond motifs is 3. The van der Waals surface area contributed by atoms with Crippen LogP contribution in [0.4, 0.5) is 0 Å². The van der Waals surface area contributed by atoms with Crippen LogP contribution in [0.5, 0.6) is 0 Å². The number of thiophene rings is 2. The first-order valence-corrected chi connectivity index (χ1v) is 22.4. The molecular weight excluding hydrogens is 627 g/mol. The molecule has 2 atom stereocenters. The molecule has 0 aromatic carbocycles. The summed E-state index contributed by atoms with van der Waals surface area (Å²) in [6.07, 6.45) is 20.6. The maximum absolute atomic E-state index is 13.9. The van der Waals surface area contributed by atoms with Crippen molar-refractivity contribution in [3.63, 3.8) is 0 Å². The quantitative estimate of drug-likeness (QED) is 0.0668. The van der Waals surface area contributed by atoms with E-state index >= 15 is 0 Å². The fourth-order valence-corrected chi connectivity index (χ4v) is 19.4. The van der Waals surface area contributed by atoms with Gasteiger partial charge in [0.05, 0.1) is 5.57 Å². The molecule has 3 nitrogen and oxygen atoms in total. The fourth-order valence-electron chi connectivity index (χ4n) is 8.46. The highest BCUT2D eigenvalue weighted by Crippen LogP contribution is 2.51. The Bertz CT molecular complexity index is 1430. The molecule has 45 heavy (non-hydrogen) atoms. The average Bonchev–Trinajstić information content (AvgIpc) is 3.77. The van der Waals surface area contributed by atoms with Gasteiger partial charge in [-0.25, -0.2) is 0 Å². The maximum atomic E-state index is 13.9. The van der Waals surface area contributed by atoms with Crippen LogP contribution < -0.4 is 10.4 Å². The Morgan fingerprint density at radius 3 is 2.29 bits per heavy atom. The normalized spacial score (nSPS) is 22.9. The zero-order valence-electron chi connectivity index (χ0n) is 28.4. The van der Waals surface area contributed by atoms with Gasteiger partial charge in [0, 0.05) is 36.5 Å². The van der Waals surface area contributed by atoms with Gasteiger partial charge in [-0.05, 0) is 60.3 Å². The molecule has 1 saturated heterocycles. The van der Waals surface area contributed by atoms with Crippen molar-refractivity contribution in [2.45, 2.75) is 143 Å². The highest BCUT2D eigenvalue weighted by atomic mass is 32.1. The van der Waals surface area contributed by atoms with Gasteiger partial charge in [-0.1, -0.05) is 117 Å². The molecule has 0 N–H and O–H groups in total. The number of imide groups is 1. The summed E-state index contributed by atoms with van der Waals surface area (Å²) in [5.74, 6) is 0.453. The second-order valence-corrected chi connectivity index (χ2v) is 20.8. The number of allylic oxidation sites excluding steroid dienone is 1. The molecule has 5 rings (SSSR count). The molecule has 2 aromatic heterocycles. The van der Waals surface area contributed by atoms with Gasteiger partial charge in [-0.3, -0.25) is 14.5 Å². The zero-order chi connectivity index (χ0) is 32.1. The van der Waals surface area contributed by atoms with Crippen LogP contribution >= 0.6 is 35.3 Å². The van der Waals surface area contributed by atoms with Crippen molar-refractivity contribution in [2.75, 3.05) is 6.54 Å². The minimum atomic E-state index is -2.06. The summed E-state index contributed by atoms with van der Waals surface area (Å²) in [7, 11) is -2.06. The van der Waals surface area contributed by atoms with E-state index in [0.29, 0.717) is 22.6 Å². The summed E-state index contributed by atoms with van der Waals surface area (Å²) < 4.78 is 0. The molecule has 4 heterocycles. The van der Waals surface area contributed by atoms with Crippen LogP contribution in [0, 0.1) is 12.8 Å². The third-order valence-corrected chi connectivity index (χ3v) is 20.2. The highest BCUT2D eigenvalue weighted by Gasteiger charge is 2.53. The molecule has 1 aliphatic carbocycles. The van der Waals surface area contributed by atoms with E-state index < -0.39 is 8.07 Å². The van der Waals surface area contributed by atoms with E-state index in [9.17, 15) is 9.59 Å². The first-order chi connectivity index (χ1) is 21.8. The molecule has 0 spiro atoms.